The number of fused-ring (bicyclic) bond motifs is 1. The number of hydrogen-bond donors (Lipinski definition) is 0. The molecule has 2 aliphatic heterocycles. The summed E-state index contributed by atoms with van der Waals surface area (Å²) in [4.78, 5) is 29.0. The summed E-state index contributed by atoms with van der Waals surface area (Å²) in [6.07, 6.45) is 7.21. The van der Waals surface area contributed by atoms with Gasteiger partial charge in [0.2, 0.25) is 5.91 Å². The Bertz CT molecular complexity index is 741. The molecule has 4 heterocycles. The first-order valence-electron chi connectivity index (χ1n) is 8.41. The molecule has 2 aromatic heterocycles. The number of amides is 1. The molecule has 126 valence electrons. The Balaban J connectivity index is 1.47. The number of likely N-dealkylation sites (tertiary alicyclic amines) is 1. The smallest absolute Gasteiger partial charge is 0.223 e. The summed E-state index contributed by atoms with van der Waals surface area (Å²) in [6.45, 7) is 1.84. The molecule has 6 nitrogen and oxygen atoms in total. The number of alkyl halides is 1. The Morgan fingerprint density at radius 3 is 2.83 bits per heavy atom. The van der Waals surface area contributed by atoms with E-state index in [4.69, 9.17) is 0 Å². The molecule has 2 aromatic rings. The average molecular weight is 329 g/mol. The lowest BCUT2D eigenvalue weighted by atomic mass is 10.0. The van der Waals surface area contributed by atoms with Gasteiger partial charge in [-0.2, -0.15) is 0 Å². The van der Waals surface area contributed by atoms with Gasteiger partial charge in [-0.05, 0) is 18.9 Å². The van der Waals surface area contributed by atoms with Crippen molar-refractivity contribution in [1.29, 1.82) is 0 Å². The highest BCUT2D eigenvalue weighted by Crippen LogP contribution is 2.29. The van der Waals surface area contributed by atoms with Crippen LogP contribution in [0.3, 0.4) is 0 Å². The monoisotopic (exact) mass is 329 g/mol. The minimum atomic E-state index is -0.401. The number of piperidine rings is 1. The molecular weight excluding hydrogens is 309 g/mol. The minimum absolute atomic E-state index is 0.106. The molecule has 7 heteroatoms. The lowest BCUT2D eigenvalue weighted by Crippen LogP contribution is -2.46. The third-order valence-corrected chi connectivity index (χ3v) is 5.08. The molecule has 2 fully saturated rings. The molecule has 0 aromatic carbocycles. The second kappa shape index (κ2) is 6.30. The zero-order chi connectivity index (χ0) is 16.5. The SMILES string of the molecule is O=C1CC(CF)CN1C1CCN(c2ncnc3cnccc23)CC1. The molecule has 0 saturated carbocycles. The van der Waals surface area contributed by atoms with Gasteiger partial charge in [-0.3, -0.25) is 14.2 Å². The highest BCUT2D eigenvalue weighted by atomic mass is 19.1. The highest BCUT2D eigenvalue weighted by molar-refractivity contribution is 5.88. The molecule has 0 aliphatic carbocycles. The number of carbonyl (C=O) groups excluding carboxylic acids is 1. The third-order valence-electron chi connectivity index (χ3n) is 5.08. The minimum Gasteiger partial charge on any atom is -0.356 e. The van der Waals surface area contributed by atoms with Gasteiger partial charge >= 0.3 is 0 Å². The number of pyridine rings is 1. The van der Waals surface area contributed by atoms with Crippen molar-refractivity contribution in [3.8, 4) is 0 Å². The van der Waals surface area contributed by atoms with Crippen LogP contribution < -0.4 is 4.90 Å². The molecule has 1 atom stereocenters. The zero-order valence-corrected chi connectivity index (χ0v) is 13.4. The van der Waals surface area contributed by atoms with Crippen molar-refractivity contribution in [2.75, 3.05) is 31.2 Å². The fraction of sp³-hybridized carbons (Fsp3) is 0.529. The maximum Gasteiger partial charge on any atom is 0.223 e. The number of halogens is 1. The molecule has 2 saturated heterocycles. The van der Waals surface area contributed by atoms with Gasteiger partial charge in [-0.15, -0.1) is 0 Å². The van der Waals surface area contributed by atoms with E-state index < -0.39 is 6.67 Å². The zero-order valence-electron chi connectivity index (χ0n) is 13.4. The van der Waals surface area contributed by atoms with Crippen LogP contribution in [0.2, 0.25) is 0 Å². The van der Waals surface area contributed by atoms with Crippen LogP contribution in [0.15, 0.2) is 24.8 Å². The van der Waals surface area contributed by atoms with Crippen LogP contribution in [0.1, 0.15) is 19.3 Å². The lowest BCUT2D eigenvalue weighted by Gasteiger charge is -2.37. The van der Waals surface area contributed by atoms with E-state index in [0.29, 0.717) is 13.0 Å². The molecule has 24 heavy (non-hydrogen) atoms. The second-order valence-electron chi connectivity index (χ2n) is 6.58. The summed E-state index contributed by atoms with van der Waals surface area (Å²) in [7, 11) is 0. The molecule has 1 amide bonds. The first-order chi connectivity index (χ1) is 11.8. The number of hydrogen-bond acceptors (Lipinski definition) is 5. The molecule has 4 rings (SSSR count). The summed E-state index contributed by atoms with van der Waals surface area (Å²) in [5.41, 5.74) is 0.838. The average Bonchev–Trinajstić information content (AvgIpc) is 3.02. The van der Waals surface area contributed by atoms with Crippen LogP contribution in [-0.2, 0) is 4.79 Å². The van der Waals surface area contributed by atoms with Gasteiger partial charge in [0, 0.05) is 49.6 Å². The van der Waals surface area contributed by atoms with Gasteiger partial charge in [-0.25, -0.2) is 9.97 Å². The van der Waals surface area contributed by atoms with Crippen LogP contribution in [0.5, 0.6) is 0 Å². The van der Waals surface area contributed by atoms with Crippen molar-refractivity contribution in [2.24, 2.45) is 5.92 Å². The largest absolute Gasteiger partial charge is 0.356 e. The predicted octanol–water partition coefficient (Wildman–Crippen LogP) is 1.81. The number of carbonyl (C=O) groups is 1. The molecule has 1 unspecified atom stereocenters. The Morgan fingerprint density at radius 1 is 1.25 bits per heavy atom. The number of nitrogens with zero attached hydrogens (tertiary/aromatic N) is 5. The predicted molar refractivity (Wildman–Crippen MR) is 88.4 cm³/mol. The Morgan fingerprint density at radius 2 is 2.08 bits per heavy atom. The Kier molecular flexibility index (Phi) is 4.00. The normalized spacial score (nSPS) is 22.5. The Labute approximate surface area is 139 Å². The van der Waals surface area contributed by atoms with E-state index in [0.717, 1.165) is 42.7 Å². The van der Waals surface area contributed by atoms with E-state index in [2.05, 4.69) is 19.9 Å². The number of anilines is 1. The van der Waals surface area contributed by atoms with E-state index in [1.54, 1.807) is 18.7 Å². The standard InChI is InChI=1S/C17H20FN5O/c18-8-12-7-16(24)23(10-12)13-2-5-22(6-3-13)17-14-1-4-19-9-15(14)20-11-21-17/h1,4,9,11-13H,2-3,5-8,10H2. The quantitative estimate of drug-likeness (QED) is 0.859. The van der Waals surface area contributed by atoms with E-state index in [1.165, 1.54) is 0 Å². The summed E-state index contributed by atoms with van der Waals surface area (Å²) in [5, 5.41) is 1.00. The molecule has 0 radical (unpaired) electrons. The second-order valence-corrected chi connectivity index (χ2v) is 6.58. The van der Waals surface area contributed by atoms with E-state index >= 15 is 0 Å². The van der Waals surface area contributed by atoms with Crippen molar-refractivity contribution >= 4 is 22.6 Å². The fourth-order valence-electron chi connectivity index (χ4n) is 3.80. The highest BCUT2D eigenvalue weighted by Gasteiger charge is 2.36. The summed E-state index contributed by atoms with van der Waals surface area (Å²) in [6, 6.07) is 2.16. The van der Waals surface area contributed by atoms with Crippen molar-refractivity contribution in [1.82, 2.24) is 19.9 Å². The fourth-order valence-corrected chi connectivity index (χ4v) is 3.80. The molecule has 0 bridgehead atoms. The summed E-state index contributed by atoms with van der Waals surface area (Å²) >= 11 is 0. The van der Waals surface area contributed by atoms with Gasteiger partial charge in [0.15, 0.2) is 0 Å². The van der Waals surface area contributed by atoms with Gasteiger partial charge in [0.25, 0.3) is 0 Å². The first kappa shape index (κ1) is 15.2. The van der Waals surface area contributed by atoms with Gasteiger partial charge in [0.1, 0.15) is 12.1 Å². The van der Waals surface area contributed by atoms with Crippen molar-refractivity contribution < 1.29 is 9.18 Å². The van der Waals surface area contributed by atoms with Crippen LogP contribution >= 0.6 is 0 Å². The number of rotatable bonds is 3. The lowest BCUT2D eigenvalue weighted by molar-refractivity contribution is -0.130. The maximum absolute atomic E-state index is 12.8. The van der Waals surface area contributed by atoms with Gasteiger partial charge in [0.05, 0.1) is 18.4 Å². The molecule has 0 N–H and O–H groups in total. The van der Waals surface area contributed by atoms with Crippen molar-refractivity contribution in [3.63, 3.8) is 0 Å². The Hall–Kier alpha value is -2.31. The van der Waals surface area contributed by atoms with Crippen molar-refractivity contribution in [2.45, 2.75) is 25.3 Å². The molecular formula is C17H20FN5O. The van der Waals surface area contributed by atoms with Gasteiger partial charge < -0.3 is 9.80 Å². The molecule has 2 aliphatic rings. The van der Waals surface area contributed by atoms with Crippen LogP contribution in [0, 0.1) is 5.92 Å². The first-order valence-corrected chi connectivity index (χ1v) is 8.41. The van der Waals surface area contributed by atoms with Crippen LogP contribution in [-0.4, -0.2) is 58.1 Å². The van der Waals surface area contributed by atoms with Crippen molar-refractivity contribution in [3.05, 3.63) is 24.8 Å². The van der Waals surface area contributed by atoms with E-state index in [1.807, 2.05) is 11.0 Å². The maximum atomic E-state index is 12.8. The van der Waals surface area contributed by atoms with Crippen LogP contribution in [0.4, 0.5) is 10.2 Å². The molecule has 0 spiro atoms. The summed E-state index contributed by atoms with van der Waals surface area (Å²) in [5.74, 6) is 0.915. The third kappa shape index (κ3) is 2.68. The van der Waals surface area contributed by atoms with Gasteiger partial charge in [-0.1, -0.05) is 0 Å². The van der Waals surface area contributed by atoms with Crippen LogP contribution in [0.25, 0.3) is 10.9 Å². The van der Waals surface area contributed by atoms with E-state index in [9.17, 15) is 9.18 Å². The van der Waals surface area contributed by atoms with E-state index in [-0.39, 0.29) is 17.9 Å². The summed E-state index contributed by atoms with van der Waals surface area (Å²) < 4.78 is 12.8. The topological polar surface area (TPSA) is 62.2 Å². The number of aromatic nitrogens is 3.